The van der Waals surface area contributed by atoms with Crippen molar-refractivity contribution in [3.05, 3.63) is 23.3 Å². The molecule has 1 atom stereocenters. The van der Waals surface area contributed by atoms with Crippen LogP contribution in [0.1, 0.15) is 49.5 Å². The molecule has 0 radical (unpaired) electrons. The Hall–Kier alpha value is -0.780. The third-order valence-corrected chi connectivity index (χ3v) is 7.19. The Morgan fingerprint density at radius 2 is 2.00 bits per heavy atom. The van der Waals surface area contributed by atoms with Crippen LogP contribution in [0.2, 0.25) is 0 Å². The standard InChI is InChI=1S/C19H24N2O5S3.Na/c1-4-6-14-15(8-7-13(11(2)22)16(14)23)26-9-5-10-27-18-20-21-19(29-18)28-12(3)17(24)25;/h7-8,12,23H,4-6,9-10H2,1-3H3,(H,24,25);/q;+1/p-1. The molecule has 0 saturated carbocycles. The first kappa shape index (κ1) is 27.3. The Labute approximate surface area is 210 Å². The van der Waals surface area contributed by atoms with Gasteiger partial charge in [-0.1, -0.05) is 48.2 Å². The molecule has 2 rings (SSSR count). The van der Waals surface area contributed by atoms with E-state index in [1.165, 1.54) is 30.0 Å². The van der Waals surface area contributed by atoms with Crippen LogP contribution in [-0.4, -0.2) is 44.7 Å². The zero-order valence-electron chi connectivity index (χ0n) is 17.5. The first-order valence-corrected chi connectivity index (χ1v) is 11.8. The van der Waals surface area contributed by atoms with Crippen LogP contribution in [0.3, 0.4) is 0 Å². The number of ketones is 1. The summed E-state index contributed by atoms with van der Waals surface area (Å²) in [5.41, 5.74) is 0.981. The van der Waals surface area contributed by atoms with Crippen molar-refractivity contribution >= 4 is 46.6 Å². The topological polar surface area (TPSA) is 112 Å². The van der Waals surface area contributed by atoms with Gasteiger partial charge >= 0.3 is 29.6 Å². The molecule has 0 saturated heterocycles. The molecule has 30 heavy (non-hydrogen) atoms. The molecule has 0 aliphatic rings. The third-order valence-electron chi connectivity index (χ3n) is 3.89. The molecule has 1 N–H and O–H groups in total. The zero-order valence-corrected chi connectivity index (χ0v) is 21.9. The number of carboxylic acid groups (broad SMARTS) is 1. The van der Waals surface area contributed by atoms with Crippen molar-refractivity contribution in [3.8, 4) is 11.5 Å². The van der Waals surface area contributed by atoms with E-state index in [2.05, 4.69) is 10.2 Å². The summed E-state index contributed by atoms with van der Waals surface area (Å²) in [5.74, 6) is 0.0737. The fourth-order valence-electron chi connectivity index (χ4n) is 2.43. The Morgan fingerprint density at radius 3 is 2.63 bits per heavy atom. The van der Waals surface area contributed by atoms with Gasteiger partial charge in [-0.15, -0.1) is 10.2 Å². The van der Waals surface area contributed by atoms with Crippen molar-refractivity contribution in [2.75, 3.05) is 12.4 Å². The van der Waals surface area contributed by atoms with Crippen LogP contribution >= 0.6 is 34.9 Å². The fourth-order valence-corrected chi connectivity index (χ4v) is 5.51. The van der Waals surface area contributed by atoms with Gasteiger partial charge in [-0.2, -0.15) is 0 Å². The number of Topliss-reactive ketones (excluding diaryl/α,β-unsaturated/α-hetero) is 1. The van der Waals surface area contributed by atoms with E-state index in [1.54, 1.807) is 19.1 Å². The van der Waals surface area contributed by atoms with Crippen LogP contribution in [0.25, 0.3) is 0 Å². The zero-order chi connectivity index (χ0) is 21.4. The summed E-state index contributed by atoms with van der Waals surface area (Å²) in [6.07, 6.45) is 2.21. The smallest absolute Gasteiger partial charge is 0.549 e. The number of hydrogen-bond donors (Lipinski definition) is 1. The van der Waals surface area contributed by atoms with Crippen molar-refractivity contribution in [2.45, 2.75) is 54.0 Å². The summed E-state index contributed by atoms with van der Waals surface area (Å²) >= 11 is 4.01. The van der Waals surface area contributed by atoms with Crippen LogP contribution in [0.4, 0.5) is 0 Å². The second kappa shape index (κ2) is 13.6. The van der Waals surface area contributed by atoms with Crippen molar-refractivity contribution in [1.82, 2.24) is 10.2 Å². The molecular formula is C19H23N2NaO5S3. The summed E-state index contributed by atoms with van der Waals surface area (Å²) in [4.78, 5) is 22.4. The van der Waals surface area contributed by atoms with Crippen LogP contribution in [0.5, 0.6) is 11.5 Å². The molecule has 11 heteroatoms. The van der Waals surface area contributed by atoms with E-state index < -0.39 is 11.2 Å². The van der Waals surface area contributed by atoms with Gasteiger partial charge in [0.1, 0.15) is 11.5 Å². The minimum absolute atomic E-state index is 0. The molecule has 0 aliphatic heterocycles. The third kappa shape index (κ3) is 8.05. The number of rotatable bonds is 12. The summed E-state index contributed by atoms with van der Waals surface area (Å²) in [5, 5.41) is 28.5. The van der Waals surface area contributed by atoms with Gasteiger partial charge in [0.05, 0.1) is 18.1 Å². The van der Waals surface area contributed by atoms with Gasteiger partial charge in [0.25, 0.3) is 0 Å². The SMILES string of the molecule is CCCc1c(OCCCSc2nnc(SC(C)C(=O)[O-])s2)ccc(C(C)=O)c1O.[Na+]. The molecule has 0 fully saturated rings. The van der Waals surface area contributed by atoms with Gasteiger partial charge in [0.2, 0.25) is 0 Å². The fraction of sp³-hybridized carbons (Fsp3) is 0.474. The van der Waals surface area contributed by atoms with Gasteiger partial charge in [0, 0.05) is 16.6 Å². The van der Waals surface area contributed by atoms with Crippen LogP contribution < -0.4 is 39.4 Å². The molecular weight excluding hydrogens is 455 g/mol. The molecule has 7 nitrogen and oxygen atoms in total. The second-order valence-corrected chi connectivity index (χ2v) is 10.1. The van der Waals surface area contributed by atoms with Crippen LogP contribution in [0.15, 0.2) is 20.8 Å². The number of phenolic OH excluding ortho intramolecular Hbond substituents is 1. The number of aromatic nitrogens is 2. The molecule has 1 aromatic heterocycles. The quantitative estimate of drug-likeness (QED) is 0.198. The number of benzene rings is 1. The van der Waals surface area contributed by atoms with E-state index in [9.17, 15) is 19.8 Å². The van der Waals surface area contributed by atoms with E-state index >= 15 is 0 Å². The molecule has 0 spiro atoms. The molecule has 2 aromatic rings. The van der Waals surface area contributed by atoms with E-state index in [4.69, 9.17) is 4.74 Å². The van der Waals surface area contributed by atoms with Crippen LogP contribution in [0, 0.1) is 0 Å². The molecule has 0 aliphatic carbocycles. The Bertz CT molecular complexity index is 863. The number of nitrogens with zero attached hydrogens (tertiary/aromatic N) is 2. The van der Waals surface area contributed by atoms with Crippen LogP contribution in [-0.2, 0) is 11.2 Å². The maximum atomic E-state index is 11.6. The first-order chi connectivity index (χ1) is 13.8. The summed E-state index contributed by atoms with van der Waals surface area (Å²) in [6, 6.07) is 3.33. The van der Waals surface area contributed by atoms with Crippen molar-refractivity contribution in [2.24, 2.45) is 0 Å². The predicted octanol–water partition coefficient (Wildman–Crippen LogP) is 0.194. The van der Waals surface area contributed by atoms with E-state index in [1.807, 2.05) is 6.92 Å². The number of thioether (sulfide) groups is 2. The Balaban J connectivity index is 0.00000450. The number of carbonyl (C=O) groups excluding carboxylic acids is 2. The number of aromatic hydroxyl groups is 1. The molecule has 1 heterocycles. The number of ether oxygens (including phenoxy) is 1. The molecule has 158 valence electrons. The minimum Gasteiger partial charge on any atom is -0.549 e. The number of phenols is 1. The average molecular weight is 479 g/mol. The van der Waals surface area contributed by atoms with Gasteiger partial charge in [0.15, 0.2) is 14.5 Å². The minimum atomic E-state index is -1.12. The molecule has 0 amide bonds. The number of hydrogen-bond acceptors (Lipinski definition) is 10. The van der Waals surface area contributed by atoms with E-state index in [0.717, 1.165) is 34.7 Å². The predicted molar refractivity (Wildman–Crippen MR) is 113 cm³/mol. The number of carbonyl (C=O) groups is 2. The maximum absolute atomic E-state index is 11.6. The summed E-state index contributed by atoms with van der Waals surface area (Å²) in [7, 11) is 0. The normalized spacial score (nSPS) is 11.6. The van der Waals surface area contributed by atoms with E-state index in [-0.39, 0.29) is 41.1 Å². The summed E-state index contributed by atoms with van der Waals surface area (Å²) in [6.45, 7) is 5.45. The van der Waals surface area contributed by atoms with Crippen molar-refractivity contribution < 1.29 is 54.1 Å². The average Bonchev–Trinajstić information content (AvgIpc) is 3.10. The molecule has 1 aromatic carbocycles. The van der Waals surface area contributed by atoms with Crippen molar-refractivity contribution in [3.63, 3.8) is 0 Å². The monoisotopic (exact) mass is 478 g/mol. The largest absolute Gasteiger partial charge is 1.00 e. The van der Waals surface area contributed by atoms with Crippen molar-refractivity contribution in [1.29, 1.82) is 0 Å². The second-order valence-electron chi connectivity index (χ2n) is 6.21. The molecule has 1 unspecified atom stereocenters. The molecule has 0 bridgehead atoms. The number of carboxylic acids is 1. The maximum Gasteiger partial charge on any atom is 1.00 e. The first-order valence-electron chi connectivity index (χ1n) is 9.15. The van der Waals surface area contributed by atoms with Gasteiger partial charge in [-0.3, -0.25) is 4.79 Å². The summed E-state index contributed by atoms with van der Waals surface area (Å²) < 4.78 is 7.21. The number of aliphatic carboxylic acids is 1. The Morgan fingerprint density at radius 1 is 1.30 bits per heavy atom. The van der Waals surface area contributed by atoms with Gasteiger partial charge in [-0.05, 0) is 38.8 Å². The van der Waals surface area contributed by atoms with Gasteiger partial charge < -0.3 is 19.7 Å². The Kier molecular flexibility index (Phi) is 12.3. The van der Waals surface area contributed by atoms with E-state index in [0.29, 0.717) is 34.2 Å². The van der Waals surface area contributed by atoms with Gasteiger partial charge in [-0.25, -0.2) is 0 Å².